The second kappa shape index (κ2) is 12.1. The van der Waals surface area contributed by atoms with Crippen LogP contribution in [0.15, 0.2) is 95.4 Å². The zero-order valence-electron chi connectivity index (χ0n) is 21.7. The van der Waals surface area contributed by atoms with Crippen LogP contribution in [0.1, 0.15) is 42.5 Å². The normalized spacial score (nSPS) is 11.3. The molecule has 6 nitrogen and oxygen atoms in total. The quantitative estimate of drug-likeness (QED) is 0.167. The molecule has 0 saturated carbocycles. The molecular formula is C31H28ClN3O3S. The Hall–Kier alpha value is -4.20. The second-order valence-corrected chi connectivity index (χ2v) is 10.7. The summed E-state index contributed by atoms with van der Waals surface area (Å²) in [5, 5.41) is 9.22. The van der Waals surface area contributed by atoms with E-state index in [1.54, 1.807) is 48.5 Å². The first-order valence-corrected chi connectivity index (χ1v) is 13.0. The molecule has 0 aliphatic rings. The number of amides is 2. The van der Waals surface area contributed by atoms with Gasteiger partial charge >= 0.3 is 0 Å². The van der Waals surface area contributed by atoms with E-state index in [-0.39, 0.29) is 16.4 Å². The molecule has 198 valence electrons. The van der Waals surface area contributed by atoms with Gasteiger partial charge in [0.2, 0.25) is 5.91 Å². The van der Waals surface area contributed by atoms with Gasteiger partial charge in [-0.3, -0.25) is 14.9 Å². The van der Waals surface area contributed by atoms with Crippen molar-refractivity contribution in [1.82, 2.24) is 5.32 Å². The molecule has 3 aromatic carbocycles. The number of hydrogen-bond donors (Lipinski definition) is 3. The molecule has 2 amide bonds. The van der Waals surface area contributed by atoms with E-state index in [0.29, 0.717) is 33.5 Å². The summed E-state index contributed by atoms with van der Waals surface area (Å²) in [6, 6.07) is 25.5. The van der Waals surface area contributed by atoms with Crippen LogP contribution in [0.25, 0.3) is 17.4 Å². The predicted octanol–water partition coefficient (Wildman–Crippen LogP) is 7.68. The van der Waals surface area contributed by atoms with Gasteiger partial charge in [-0.05, 0) is 102 Å². The van der Waals surface area contributed by atoms with Crippen molar-refractivity contribution in [3.8, 4) is 11.3 Å². The van der Waals surface area contributed by atoms with Gasteiger partial charge < -0.3 is 15.1 Å². The smallest absolute Gasteiger partial charge is 0.255 e. The molecule has 0 spiro atoms. The maximum absolute atomic E-state index is 12.6. The Balaban J connectivity index is 1.26. The van der Waals surface area contributed by atoms with Crippen molar-refractivity contribution in [3.63, 3.8) is 0 Å². The van der Waals surface area contributed by atoms with Gasteiger partial charge in [0.05, 0.1) is 0 Å². The van der Waals surface area contributed by atoms with Gasteiger partial charge in [-0.25, -0.2) is 0 Å². The molecule has 0 aliphatic carbocycles. The third-order valence-corrected chi connectivity index (χ3v) is 6.26. The third kappa shape index (κ3) is 7.89. The highest BCUT2D eigenvalue weighted by atomic mass is 35.5. The Morgan fingerprint density at radius 1 is 0.821 bits per heavy atom. The molecular weight excluding hydrogens is 530 g/mol. The molecule has 0 unspecified atom stereocenters. The van der Waals surface area contributed by atoms with E-state index in [1.165, 1.54) is 6.08 Å². The van der Waals surface area contributed by atoms with Crippen LogP contribution in [-0.4, -0.2) is 16.9 Å². The zero-order valence-corrected chi connectivity index (χ0v) is 23.3. The number of carbonyl (C=O) groups excluding carboxylic acids is 2. The van der Waals surface area contributed by atoms with Gasteiger partial charge in [-0.2, -0.15) is 0 Å². The van der Waals surface area contributed by atoms with Gasteiger partial charge in [-0.15, -0.1) is 0 Å². The van der Waals surface area contributed by atoms with E-state index < -0.39 is 5.91 Å². The lowest BCUT2D eigenvalue weighted by atomic mass is 9.87. The molecule has 0 saturated heterocycles. The second-order valence-electron chi connectivity index (χ2n) is 9.84. The molecule has 1 aromatic heterocycles. The summed E-state index contributed by atoms with van der Waals surface area (Å²) in [6.07, 6.45) is 2.90. The molecule has 0 bridgehead atoms. The van der Waals surface area contributed by atoms with E-state index in [4.69, 9.17) is 28.2 Å². The number of furan rings is 1. The van der Waals surface area contributed by atoms with Crippen LogP contribution < -0.4 is 16.0 Å². The van der Waals surface area contributed by atoms with Crippen LogP contribution in [0.5, 0.6) is 0 Å². The fraction of sp³-hybridized carbons (Fsp3) is 0.129. The number of thiocarbonyl (C=S) groups is 1. The Labute approximate surface area is 238 Å². The average Bonchev–Trinajstić information content (AvgIpc) is 3.38. The van der Waals surface area contributed by atoms with Crippen LogP contribution in [0.4, 0.5) is 11.4 Å². The van der Waals surface area contributed by atoms with Crippen molar-refractivity contribution in [3.05, 3.63) is 113 Å². The number of carbonyl (C=O) groups is 2. The molecule has 0 fully saturated rings. The Bertz CT molecular complexity index is 1500. The Morgan fingerprint density at radius 3 is 2.05 bits per heavy atom. The lowest BCUT2D eigenvalue weighted by Crippen LogP contribution is -2.32. The van der Waals surface area contributed by atoms with E-state index in [1.807, 2.05) is 42.5 Å². The van der Waals surface area contributed by atoms with E-state index in [2.05, 4.69) is 36.7 Å². The summed E-state index contributed by atoms with van der Waals surface area (Å²) in [4.78, 5) is 24.9. The molecule has 4 rings (SSSR count). The van der Waals surface area contributed by atoms with E-state index >= 15 is 0 Å². The van der Waals surface area contributed by atoms with E-state index in [9.17, 15) is 9.59 Å². The summed E-state index contributed by atoms with van der Waals surface area (Å²) in [7, 11) is 0. The summed E-state index contributed by atoms with van der Waals surface area (Å²) in [5.74, 6) is 0.597. The fourth-order valence-corrected chi connectivity index (χ4v) is 3.99. The number of halogens is 1. The predicted molar refractivity (Wildman–Crippen MR) is 162 cm³/mol. The minimum Gasteiger partial charge on any atom is -0.457 e. The first-order chi connectivity index (χ1) is 18.6. The average molecular weight is 558 g/mol. The topological polar surface area (TPSA) is 83.4 Å². The standard InChI is InChI=1S/C31H28ClN3O3S/c1-31(2,3)22-8-4-21(5-9-22)29(37)33-24-12-14-25(15-13-24)34-30(39)35-28(36)19-17-26-16-18-27(38-26)20-6-10-23(32)11-7-20/h4-19H,1-3H3,(H,33,37)(H2,34,35,36,39). The summed E-state index contributed by atoms with van der Waals surface area (Å²) >= 11 is 11.2. The number of hydrogen-bond acceptors (Lipinski definition) is 4. The van der Waals surface area contributed by atoms with Crippen molar-refractivity contribution in [2.24, 2.45) is 0 Å². The first kappa shape index (κ1) is 27.8. The highest BCUT2D eigenvalue weighted by Crippen LogP contribution is 2.25. The molecule has 0 atom stereocenters. The van der Waals surface area contributed by atoms with E-state index in [0.717, 1.165) is 11.1 Å². The largest absolute Gasteiger partial charge is 0.457 e. The summed E-state index contributed by atoms with van der Waals surface area (Å²) in [5.41, 5.74) is 3.95. The monoisotopic (exact) mass is 557 g/mol. The Kier molecular flexibility index (Phi) is 8.64. The van der Waals surface area contributed by atoms with Gasteiger partial charge in [0.25, 0.3) is 5.91 Å². The molecule has 4 aromatic rings. The summed E-state index contributed by atoms with van der Waals surface area (Å²) in [6.45, 7) is 6.39. The number of anilines is 2. The van der Waals surface area contributed by atoms with Crippen molar-refractivity contribution in [2.75, 3.05) is 10.6 Å². The highest BCUT2D eigenvalue weighted by molar-refractivity contribution is 7.80. The van der Waals surface area contributed by atoms with Crippen LogP contribution in [0.2, 0.25) is 5.02 Å². The van der Waals surface area contributed by atoms with Crippen molar-refractivity contribution >= 4 is 58.2 Å². The van der Waals surface area contributed by atoms with Gasteiger partial charge in [0.15, 0.2) is 5.11 Å². The lowest BCUT2D eigenvalue weighted by molar-refractivity contribution is -0.115. The Morgan fingerprint density at radius 2 is 1.44 bits per heavy atom. The zero-order chi connectivity index (χ0) is 28.0. The van der Waals surface area contributed by atoms with Crippen LogP contribution in [0, 0.1) is 0 Å². The lowest BCUT2D eigenvalue weighted by Gasteiger charge is -2.19. The molecule has 0 radical (unpaired) electrons. The van der Waals surface area contributed by atoms with Crippen molar-refractivity contribution in [2.45, 2.75) is 26.2 Å². The molecule has 8 heteroatoms. The fourth-order valence-electron chi connectivity index (χ4n) is 3.65. The van der Waals surface area contributed by atoms with Crippen molar-refractivity contribution < 1.29 is 14.0 Å². The molecule has 1 heterocycles. The van der Waals surface area contributed by atoms with Crippen molar-refractivity contribution in [1.29, 1.82) is 0 Å². The first-order valence-electron chi connectivity index (χ1n) is 12.2. The van der Waals surface area contributed by atoms with Gasteiger partial charge in [0.1, 0.15) is 11.5 Å². The maximum Gasteiger partial charge on any atom is 0.255 e. The number of rotatable bonds is 6. The van der Waals surface area contributed by atoms with Gasteiger partial charge in [-0.1, -0.05) is 44.5 Å². The van der Waals surface area contributed by atoms with Crippen LogP contribution in [-0.2, 0) is 10.2 Å². The van der Waals surface area contributed by atoms with Crippen LogP contribution in [0.3, 0.4) is 0 Å². The van der Waals surface area contributed by atoms with Crippen LogP contribution >= 0.6 is 23.8 Å². The highest BCUT2D eigenvalue weighted by Gasteiger charge is 2.14. The molecule has 39 heavy (non-hydrogen) atoms. The minimum atomic E-state index is -0.404. The molecule has 0 aliphatic heterocycles. The maximum atomic E-state index is 12.6. The number of benzene rings is 3. The third-order valence-electron chi connectivity index (χ3n) is 5.80. The van der Waals surface area contributed by atoms with Gasteiger partial charge in [0, 0.05) is 33.6 Å². The summed E-state index contributed by atoms with van der Waals surface area (Å²) < 4.78 is 5.76. The minimum absolute atomic E-state index is 0.0240. The number of nitrogens with one attached hydrogen (secondary N) is 3. The molecule has 3 N–H and O–H groups in total. The SMILES string of the molecule is CC(C)(C)c1ccc(C(=O)Nc2ccc(NC(=S)NC(=O)C=Cc3ccc(-c4ccc(Cl)cc4)o3)cc2)cc1.